The van der Waals surface area contributed by atoms with Gasteiger partial charge in [0.1, 0.15) is 6.54 Å². The summed E-state index contributed by atoms with van der Waals surface area (Å²) < 4.78 is 2.63. The van der Waals surface area contributed by atoms with Gasteiger partial charge in [-0.25, -0.2) is 0 Å². The second kappa shape index (κ2) is 10.7. The first-order valence-corrected chi connectivity index (χ1v) is 18.6. The van der Waals surface area contributed by atoms with Gasteiger partial charge in [-0.1, -0.05) is 80.6 Å². The van der Waals surface area contributed by atoms with Crippen LogP contribution in [0.2, 0.25) is 0 Å². The summed E-state index contributed by atoms with van der Waals surface area (Å²) in [4.78, 5) is 2.63. The van der Waals surface area contributed by atoms with Crippen molar-refractivity contribution in [1.82, 2.24) is 0 Å². The van der Waals surface area contributed by atoms with Crippen molar-refractivity contribution in [2.75, 3.05) is 18.0 Å². The molecule has 3 aliphatic carbocycles. The van der Waals surface area contributed by atoms with E-state index in [2.05, 4.69) is 142 Å². The number of rotatable bonds is 3. The Labute approximate surface area is 286 Å². The monoisotopic (exact) mass is 629 g/mol. The van der Waals surface area contributed by atoms with Gasteiger partial charge in [-0.3, -0.25) is 0 Å². The average molecular weight is 630 g/mol. The Kier molecular flexibility index (Phi) is 6.65. The van der Waals surface area contributed by atoms with Gasteiger partial charge in [-0.2, -0.15) is 4.58 Å². The Bertz CT molecular complexity index is 2200. The molecule has 2 nitrogen and oxygen atoms in total. The molecule has 0 radical (unpaired) electrons. The summed E-state index contributed by atoms with van der Waals surface area (Å²) in [6.45, 7) is 16.5. The van der Waals surface area contributed by atoms with Gasteiger partial charge in [0, 0.05) is 40.5 Å². The van der Waals surface area contributed by atoms with Crippen LogP contribution in [0.3, 0.4) is 0 Å². The Hall–Kier alpha value is -4.17. The lowest BCUT2D eigenvalue weighted by Gasteiger charge is -2.38. The summed E-state index contributed by atoms with van der Waals surface area (Å²) in [7, 11) is 0. The van der Waals surface area contributed by atoms with Crippen LogP contribution < -0.4 is 4.90 Å². The smallest absolute Gasteiger partial charge is 0.210 e. The van der Waals surface area contributed by atoms with Crippen molar-refractivity contribution in [1.29, 1.82) is 0 Å². The summed E-state index contributed by atoms with van der Waals surface area (Å²) in [6.07, 6.45) is 14.1. The zero-order valence-corrected chi connectivity index (χ0v) is 29.7. The van der Waals surface area contributed by atoms with Gasteiger partial charge in [-0.05, 0) is 134 Å². The van der Waals surface area contributed by atoms with E-state index < -0.39 is 0 Å². The Morgan fingerprint density at radius 1 is 0.688 bits per heavy atom. The van der Waals surface area contributed by atoms with E-state index in [0.717, 1.165) is 13.1 Å². The van der Waals surface area contributed by atoms with Crippen LogP contribution in [0, 0.1) is 11.8 Å². The number of hydrogen-bond acceptors (Lipinski definition) is 1. The molecule has 2 heterocycles. The van der Waals surface area contributed by atoms with Gasteiger partial charge in [0.25, 0.3) is 0 Å². The third-order valence-corrected chi connectivity index (χ3v) is 12.7. The second-order valence-electron chi connectivity index (χ2n) is 16.0. The van der Waals surface area contributed by atoms with Crippen molar-refractivity contribution in [2.45, 2.75) is 84.5 Å². The summed E-state index contributed by atoms with van der Waals surface area (Å²) >= 11 is 0. The first kappa shape index (κ1) is 29.9. The molecule has 242 valence electrons. The number of allylic oxidation sites excluding steroid dienone is 8. The molecule has 5 aliphatic rings. The Morgan fingerprint density at radius 3 is 2.04 bits per heavy atom. The van der Waals surface area contributed by atoms with Gasteiger partial charge < -0.3 is 4.90 Å². The fraction of sp³-hybridized carbons (Fsp3) is 0.370. The van der Waals surface area contributed by atoms with E-state index >= 15 is 0 Å². The normalized spacial score (nSPS) is 25.4. The summed E-state index contributed by atoms with van der Waals surface area (Å²) in [6, 6.07) is 27.3. The van der Waals surface area contributed by atoms with E-state index in [1.807, 2.05) is 0 Å². The number of anilines is 1. The van der Waals surface area contributed by atoms with Crippen LogP contribution >= 0.6 is 0 Å². The Morgan fingerprint density at radius 2 is 1.33 bits per heavy atom. The first-order valence-electron chi connectivity index (χ1n) is 18.6. The first-order chi connectivity index (χ1) is 23.2. The fourth-order valence-corrected chi connectivity index (χ4v) is 10.8. The highest BCUT2D eigenvalue weighted by atomic mass is 15.2. The molecule has 0 fully saturated rings. The van der Waals surface area contributed by atoms with Gasteiger partial charge >= 0.3 is 0 Å². The Balaban J connectivity index is 1.14. The van der Waals surface area contributed by atoms with E-state index in [4.69, 9.17) is 0 Å². The summed E-state index contributed by atoms with van der Waals surface area (Å²) in [5.41, 5.74) is 15.0. The standard InChI is InChI=1S/C46H49N2/c1-7-47-39-23-21-29-13-9-11-15-37(29)41(39)45(3,4)43(47)33-19-17-31-25-32-18-20-34(27-36(32)28-35(31)26-33)44-46(5,6)42-38-16-12-10-14-30(38)22-24-40(42)48(44)8-2/h9-16,21-24,26-28,31-32H,7-8,17-20,25H2,1-6H3/q+1. The van der Waals surface area contributed by atoms with Crippen molar-refractivity contribution in [3.8, 4) is 0 Å². The molecule has 2 heteroatoms. The highest BCUT2D eigenvalue weighted by Crippen LogP contribution is 2.54. The van der Waals surface area contributed by atoms with Crippen LogP contribution in [0.5, 0.6) is 0 Å². The lowest BCUT2D eigenvalue weighted by Crippen LogP contribution is -2.33. The molecular formula is C46H49N2+. The maximum absolute atomic E-state index is 2.63. The average Bonchev–Trinajstić information content (AvgIpc) is 3.49. The van der Waals surface area contributed by atoms with Crippen molar-refractivity contribution < 1.29 is 4.58 Å². The zero-order chi connectivity index (χ0) is 32.9. The highest BCUT2D eigenvalue weighted by molar-refractivity contribution is 6.11. The predicted octanol–water partition coefficient (Wildman–Crippen LogP) is 11.5. The maximum atomic E-state index is 2.63. The van der Waals surface area contributed by atoms with Crippen molar-refractivity contribution in [2.24, 2.45) is 11.8 Å². The van der Waals surface area contributed by atoms with Crippen LogP contribution in [-0.2, 0) is 10.8 Å². The molecule has 2 unspecified atom stereocenters. The molecular weight excluding hydrogens is 581 g/mol. The summed E-state index contributed by atoms with van der Waals surface area (Å²) in [5, 5.41) is 5.50. The zero-order valence-electron chi connectivity index (χ0n) is 29.7. The molecule has 9 rings (SSSR count). The lowest BCUT2D eigenvalue weighted by atomic mass is 9.67. The number of hydrogen-bond donors (Lipinski definition) is 0. The minimum absolute atomic E-state index is 0.0405. The largest absolute Gasteiger partial charge is 0.344 e. The van der Waals surface area contributed by atoms with Crippen LogP contribution in [0.15, 0.2) is 119 Å². The second-order valence-corrected chi connectivity index (χ2v) is 16.0. The van der Waals surface area contributed by atoms with Crippen LogP contribution in [0.4, 0.5) is 11.4 Å². The van der Waals surface area contributed by atoms with E-state index in [1.54, 1.807) is 22.3 Å². The van der Waals surface area contributed by atoms with Crippen LogP contribution in [0.1, 0.15) is 84.8 Å². The molecule has 2 atom stereocenters. The maximum Gasteiger partial charge on any atom is 0.210 e. The number of fused-ring (bicyclic) bond motifs is 8. The molecule has 0 amide bonds. The topological polar surface area (TPSA) is 6.25 Å². The minimum Gasteiger partial charge on any atom is -0.344 e. The third-order valence-electron chi connectivity index (χ3n) is 12.7. The fourth-order valence-electron chi connectivity index (χ4n) is 10.8. The molecule has 48 heavy (non-hydrogen) atoms. The van der Waals surface area contributed by atoms with Gasteiger partial charge in [-0.15, -0.1) is 0 Å². The highest BCUT2D eigenvalue weighted by Gasteiger charge is 2.49. The van der Waals surface area contributed by atoms with Crippen molar-refractivity contribution >= 4 is 38.6 Å². The molecule has 0 spiro atoms. The molecule has 0 saturated heterocycles. The number of likely N-dealkylation sites (N-methyl/N-ethyl adjacent to an activating group) is 1. The quantitative estimate of drug-likeness (QED) is 0.204. The predicted molar refractivity (Wildman–Crippen MR) is 204 cm³/mol. The van der Waals surface area contributed by atoms with Crippen LogP contribution in [-0.4, -0.2) is 23.4 Å². The molecule has 2 aliphatic heterocycles. The number of nitrogens with zero attached hydrogens (tertiary/aromatic N) is 2. The van der Waals surface area contributed by atoms with E-state index in [1.165, 1.54) is 87.6 Å². The van der Waals surface area contributed by atoms with Gasteiger partial charge in [0.2, 0.25) is 5.69 Å². The molecule has 4 aromatic carbocycles. The van der Waals surface area contributed by atoms with Gasteiger partial charge in [0.15, 0.2) is 5.71 Å². The molecule has 0 bridgehead atoms. The van der Waals surface area contributed by atoms with Gasteiger partial charge in [0.05, 0.1) is 5.41 Å². The SMILES string of the molecule is CCN1C(=C2C=C3C=C4C=C(C5=[N+](CC)c6ccc7ccccc7c6C5(C)C)CCC4CC3CC2)C(C)(C)c2c1ccc1ccccc21. The minimum atomic E-state index is -0.0405. The van der Waals surface area contributed by atoms with Crippen molar-refractivity contribution in [3.05, 3.63) is 130 Å². The third kappa shape index (κ3) is 4.14. The molecule has 0 aromatic heterocycles. The van der Waals surface area contributed by atoms with Crippen LogP contribution in [0.25, 0.3) is 21.5 Å². The molecule has 0 saturated carbocycles. The lowest BCUT2D eigenvalue weighted by molar-refractivity contribution is -0.433. The van der Waals surface area contributed by atoms with E-state index in [9.17, 15) is 0 Å². The summed E-state index contributed by atoms with van der Waals surface area (Å²) in [5.74, 6) is 1.36. The van der Waals surface area contributed by atoms with E-state index in [0.29, 0.717) is 11.8 Å². The van der Waals surface area contributed by atoms with E-state index in [-0.39, 0.29) is 10.8 Å². The molecule has 0 N–H and O–H groups in total. The number of benzene rings is 4. The van der Waals surface area contributed by atoms with Crippen molar-refractivity contribution in [3.63, 3.8) is 0 Å². The molecule has 4 aromatic rings.